The van der Waals surface area contributed by atoms with Crippen molar-refractivity contribution in [1.82, 2.24) is 5.32 Å². The van der Waals surface area contributed by atoms with Crippen LogP contribution in [-0.4, -0.2) is 24.5 Å². The smallest absolute Gasteiger partial charge is 0.416 e. The molecule has 4 nitrogen and oxygen atoms in total. The summed E-state index contributed by atoms with van der Waals surface area (Å²) in [6, 6.07) is 3.98. The molecule has 0 bridgehead atoms. The third-order valence-corrected chi connectivity index (χ3v) is 4.22. The molecule has 0 saturated heterocycles. The molecule has 1 aromatic rings. The Morgan fingerprint density at radius 1 is 1.25 bits per heavy atom. The third-order valence-electron chi connectivity index (χ3n) is 4.22. The van der Waals surface area contributed by atoms with Crippen molar-refractivity contribution < 1.29 is 27.5 Å². The average Bonchev–Trinajstić information content (AvgIpc) is 2.54. The quantitative estimate of drug-likeness (QED) is 0.851. The van der Waals surface area contributed by atoms with E-state index < -0.39 is 30.2 Å². The zero-order valence-electron chi connectivity index (χ0n) is 13.4. The van der Waals surface area contributed by atoms with Crippen LogP contribution in [0.4, 0.5) is 13.2 Å². The van der Waals surface area contributed by atoms with E-state index in [2.05, 4.69) is 12.2 Å². The van der Waals surface area contributed by atoms with Crippen molar-refractivity contribution in [3.05, 3.63) is 35.4 Å². The summed E-state index contributed by atoms with van der Waals surface area (Å²) < 4.78 is 42.7. The first-order valence-electron chi connectivity index (χ1n) is 7.91. The number of rotatable bonds is 4. The number of hydrogen-bond acceptors (Lipinski definition) is 3. The third kappa shape index (κ3) is 4.97. The van der Waals surface area contributed by atoms with E-state index in [1.54, 1.807) is 0 Å². The van der Waals surface area contributed by atoms with Gasteiger partial charge >= 0.3 is 12.1 Å². The topological polar surface area (TPSA) is 55.4 Å². The average molecular weight is 343 g/mol. The Kier molecular flexibility index (Phi) is 5.85. The number of nitrogens with one attached hydrogen (secondary N) is 1. The Labute approximate surface area is 138 Å². The van der Waals surface area contributed by atoms with Gasteiger partial charge in [0.25, 0.3) is 5.91 Å². The number of benzene rings is 1. The summed E-state index contributed by atoms with van der Waals surface area (Å²) >= 11 is 0. The molecular formula is C17H20F3NO3. The summed E-state index contributed by atoms with van der Waals surface area (Å²) in [5.74, 6) is -1.02. The Morgan fingerprint density at radius 3 is 2.62 bits per heavy atom. The number of hydrogen-bond donors (Lipinski definition) is 1. The van der Waals surface area contributed by atoms with Crippen molar-refractivity contribution in [2.24, 2.45) is 5.92 Å². The lowest BCUT2D eigenvalue weighted by Gasteiger charge is -2.29. The van der Waals surface area contributed by atoms with Crippen LogP contribution in [0, 0.1) is 5.92 Å². The van der Waals surface area contributed by atoms with Crippen LogP contribution in [0.3, 0.4) is 0 Å². The Hall–Kier alpha value is -2.05. The molecule has 0 radical (unpaired) electrons. The summed E-state index contributed by atoms with van der Waals surface area (Å²) in [7, 11) is 0. The van der Waals surface area contributed by atoms with E-state index in [1.165, 1.54) is 6.07 Å². The highest BCUT2D eigenvalue weighted by molar-refractivity contribution is 5.91. The lowest BCUT2D eigenvalue weighted by atomic mass is 9.86. The Balaban J connectivity index is 1.87. The second kappa shape index (κ2) is 7.68. The van der Waals surface area contributed by atoms with E-state index >= 15 is 0 Å². The Morgan fingerprint density at radius 2 is 1.96 bits per heavy atom. The van der Waals surface area contributed by atoms with Gasteiger partial charge in [0.15, 0.2) is 6.61 Å². The van der Waals surface area contributed by atoms with Crippen LogP contribution in [0.5, 0.6) is 0 Å². The number of esters is 1. The van der Waals surface area contributed by atoms with Gasteiger partial charge in [0.05, 0.1) is 11.1 Å². The maximum absolute atomic E-state index is 12.6. The fourth-order valence-electron chi connectivity index (χ4n) is 2.82. The van der Waals surface area contributed by atoms with Crippen LogP contribution >= 0.6 is 0 Å². The number of halogens is 3. The van der Waals surface area contributed by atoms with E-state index in [0.29, 0.717) is 12.0 Å². The molecular weight excluding hydrogens is 323 g/mol. The molecule has 0 aromatic heterocycles. The summed E-state index contributed by atoms with van der Waals surface area (Å²) in [6.45, 7) is 1.55. The second-order valence-electron chi connectivity index (χ2n) is 6.09. The van der Waals surface area contributed by atoms with Gasteiger partial charge in [-0.05, 0) is 37.0 Å². The molecule has 1 amide bonds. The predicted molar refractivity (Wildman–Crippen MR) is 81.3 cm³/mol. The van der Waals surface area contributed by atoms with Crippen LogP contribution in [0.25, 0.3) is 0 Å². The summed E-state index contributed by atoms with van der Waals surface area (Å²) in [6.07, 6.45) is -0.439. The minimum Gasteiger partial charge on any atom is -0.452 e. The number of amides is 1. The number of carbonyl (C=O) groups excluding carboxylic acids is 2. The van der Waals surface area contributed by atoms with Crippen molar-refractivity contribution in [2.45, 2.75) is 44.8 Å². The van der Waals surface area contributed by atoms with Crippen molar-refractivity contribution in [2.75, 3.05) is 6.61 Å². The van der Waals surface area contributed by atoms with E-state index in [-0.39, 0.29) is 11.6 Å². The van der Waals surface area contributed by atoms with Gasteiger partial charge < -0.3 is 10.1 Å². The van der Waals surface area contributed by atoms with Gasteiger partial charge in [-0.3, -0.25) is 4.79 Å². The first-order valence-corrected chi connectivity index (χ1v) is 7.91. The SMILES string of the molecule is C[C@@H]1CCCC[C@H]1NC(=O)COC(=O)c1cccc(C(F)(F)F)c1. The van der Waals surface area contributed by atoms with E-state index in [1.807, 2.05) is 0 Å². The van der Waals surface area contributed by atoms with Crippen LogP contribution < -0.4 is 5.32 Å². The fraction of sp³-hybridized carbons (Fsp3) is 0.529. The van der Waals surface area contributed by atoms with Crippen molar-refractivity contribution in [3.8, 4) is 0 Å². The van der Waals surface area contributed by atoms with Crippen molar-refractivity contribution in [3.63, 3.8) is 0 Å². The van der Waals surface area contributed by atoms with Crippen LogP contribution in [-0.2, 0) is 15.7 Å². The molecule has 0 heterocycles. The maximum Gasteiger partial charge on any atom is 0.416 e. The number of carbonyl (C=O) groups is 2. The lowest BCUT2D eigenvalue weighted by Crippen LogP contribution is -2.42. The minimum absolute atomic E-state index is 0.0542. The van der Waals surface area contributed by atoms with Gasteiger partial charge in [0.2, 0.25) is 0 Å². The second-order valence-corrected chi connectivity index (χ2v) is 6.09. The van der Waals surface area contributed by atoms with Crippen LogP contribution in [0.15, 0.2) is 24.3 Å². The molecule has 2 rings (SSSR count). The molecule has 1 aliphatic carbocycles. The first kappa shape index (κ1) is 18.3. The van der Waals surface area contributed by atoms with Gasteiger partial charge in [-0.2, -0.15) is 13.2 Å². The standard InChI is InChI=1S/C17H20F3NO3/c1-11-5-2-3-8-14(11)21-15(22)10-24-16(23)12-6-4-7-13(9-12)17(18,19)20/h4,6-7,9,11,14H,2-3,5,8,10H2,1H3,(H,21,22)/t11-,14-/m1/s1. The molecule has 2 atom stereocenters. The zero-order chi connectivity index (χ0) is 17.7. The molecule has 0 aliphatic heterocycles. The molecule has 1 aromatic carbocycles. The van der Waals surface area contributed by atoms with Gasteiger partial charge in [-0.25, -0.2) is 4.79 Å². The number of ether oxygens (including phenoxy) is 1. The summed E-state index contributed by atoms with van der Waals surface area (Å²) in [5.41, 5.74) is -1.17. The van der Waals surface area contributed by atoms with E-state index in [9.17, 15) is 22.8 Å². The van der Waals surface area contributed by atoms with Gasteiger partial charge in [0.1, 0.15) is 0 Å². The van der Waals surface area contributed by atoms with Crippen LogP contribution in [0.2, 0.25) is 0 Å². The molecule has 132 valence electrons. The molecule has 1 saturated carbocycles. The number of alkyl halides is 3. The molecule has 0 spiro atoms. The zero-order valence-corrected chi connectivity index (χ0v) is 13.4. The van der Waals surface area contributed by atoms with Crippen molar-refractivity contribution >= 4 is 11.9 Å². The highest BCUT2D eigenvalue weighted by Gasteiger charge is 2.31. The molecule has 1 fully saturated rings. The highest BCUT2D eigenvalue weighted by Crippen LogP contribution is 2.29. The van der Waals surface area contributed by atoms with Gasteiger partial charge in [0, 0.05) is 6.04 Å². The van der Waals surface area contributed by atoms with Crippen LogP contribution in [0.1, 0.15) is 48.5 Å². The summed E-state index contributed by atoms with van der Waals surface area (Å²) in [4.78, 5) is 23.7. The van der Waals surface area contributed by atoms with E-state index in [0.717, 1.165) is 37.8 Å². The lowest BCUT2D eigenvalue weighted by molar-refractivity contribution is -0.137. The van der Waals surface area contributed by atoms with Gasteiger partial charge in [-0.15, -0.1) is 0 Å². The normalized spacial score (nSPS) is 21.2. The molecule has 24 heavy (non-hydrogen) atoms. The molecule has 7 heteroatoms. The first-order chi connectivity index (χ1) is 11.3. The predicted octanol–water partition coefficient (Wildman–Crippen LogP) is 3.56. The molecule has 1 N–H and O–H groups in total. The molecule has 1 aliphatic rings. The van der Waals surface area contributed by atoms with E-state index in [4.69, 9.17) is 4.74 Å². The summed E-state index contributed by atoms with van der Waals surface area (Å²) in [5, 5.41) is 2.81. The van der Waals surface area contributed by atoms with Gasteiger partial charge in [-0.1, -0.05) is 25.8 Å². The maximum atomic E-state index is 12.6. The Bertz CT molecular complexity index is 601. The highest BCUT2D eigenvalue weighted by atomic mass is 19.4. The minimum atomic E-state index is -4.54. The largest absolute Gasteiger partial charge is 0.452 e. The fourth-order valence-corrected chi connectivity index (χ4v) is 2.82. The van der Waals surface area contributed by atoms with Crippen molar-refractivity contribution in [1.29, 1.82) is 0 Å². The molecule has 0 unspecified atom stereocenters. The monoisotopic (exact) mass is 343 g/mol.